The molecule has 2 aromatic carbocycles. The summed E-state index contributed by atoms with van der Waals surface area (Å²) in [7, 11) is 0. The van der Waals surface area contributed by atoms with E-state index in [1.54, 1.807) is 0 Å². The third kappa shape index (κ3) is 2.04. The van der Waals surface area contributed by atoms with Crippen molar-refractivity contribution in [2.24, 2.45) is 0 Å². The van der Waals surface area contributed by atoms with E-state index in [-0.39, 0.29) is 0 Å². The maximum Gasteiger partial charge on any atom is 0.140 e. The Morgan fingerprint density at radius 3 is 2.09 bits per heavy atom. The van der Waals surface area contributed by atoms with Gasteiger partial charge >= 0.3 is 0 Å². The molecule has 0 radical (unpaired) electrons. The van der Waals surface area contributed by atoms with Gasteiger partial charge in [0.15, 0.2) is 0 Å². The molecule has 3 nitrogen and oxygen atoms in total. The van der Waals surface area contributed by atoms with Gasteiger partial charge in [-0.3, -0.25) is 4.40 Å². The van der Waals surface area contributed by atoms with Crippen LogP contribution in [0.1, 0.15) is 0 Å². The Hall–Kier alpha value is -3.07. The average molecular weight is 285 g/mol. The Morgan fingerprint density at radius 1 is 0.773 bits per heavy atom. The third-order valence-electron chi connectivity index (χ3n) is 3.74. The van der Waals surface area contributed by atoms with Gasteiger partial charge in [0.2, 0.25) is 0 Å². The molecule has 106 valence electrons. The van der Waals surface area contributed by atoms with E-state index in [0.717, 1.165) is 33.8 Å². The summed E-state index contributed by atoms with van der Waals surface area (Å²) < 4.78 is 2.09. The van der Waals surface area contributed by atoms with Gasteiger partial charge in [-0.25, -0.2) is 4.98 Å². The number of imidazole rings is 1. The van der Waals surface area contributed by atoms with E-state index in [1.165, 1.54) is 0 Å². The standard InChI is InChI=1S/C19H15N3/c20-16-11-12-22-17(13-16)21-18(14-7-3-1-4-8-14)19(22)15-9-5-2-6-10-15/h1-13H,20H2. The van der Waals surface area contributed by atoms with Crippen LogP contribution in [-0.2, 0) is 0 Å². The highest BCUT2D eigenvalue weighted by atomic mass is 15.0. The second-order valence-corrected chi connectivity index (χ2v) is 5.23. The Labute approximate surface area is 128 Å². The van der Waals surface area contributed by atoms with E-state index >= 15 is 0 Å². The molecule has 0 atom stereocenters. The number of hydrogen-bond acceptors (Lipinski definition) is 2. The molecule has 0 fully saturated rings. The van der Waals surface area contributed by atoms with Crippen molar-refractivity contribution in [2.75, 3.05) is 5.73 Å². The molecular weight excluding hydrogens is 270 g/mol. The van der Waals surface area contributed by atoms with Gasteiger partial charge in [-0.15, -0.1) is 0 Å². The normalized spacial score (nSPS) is 10.9. The lowest BCUT2D eigenvalue weighted by Crippen LogP contribution is -1.91. The zero-order chi connectivity index (χ0) is 14.9. The van der Waals surface area contributed by atoms with Crippen LogP contribution in [0.15, 0.2) is 79.0 Å². The fourth-order valence-corrected chi connectivity index (χ4v) is 2.73. The Bertz CT molecular complexity index is 925. The zero-order valence-electron chi connectivity index (χ0n) is 12.0. The molecule has 0 bridgehead atoms. The number of nitrogens with zero attached hydrogens (tertiary/aromatic N) is 2. The number of nitrogen functional groups attached to an aromatic ring is 1. The van der Waals surface area contributed by atoms with Crippen molar-refractivity contribution in [3.8, 4) is 22.5 Å². The largest absolute Gasteiger partial charge is 0.399 e. The van der Waals surface area contributed by atoms with Crippen LogP contribution < -0.4 is 5.73 Å². The van der Waals surface area contributed by atoms with E-state index in [9.17, 15) is 0 Å². The molecule has 0 aliphatic rings. The minimum Gasteiger partial charge on any atom is -0.399 e. The van der Waals surface area contributed by atoms with Crippen LogP contribution in [0.25, 0.3) is 28.2 Å². The van der Waals surface area contributed by atoms with Gasteiger partial charge in [0, 0.05) is 29.1 Å². The van der Waals surface area contributed by atoms with Crippen molar-refractivity contribution in [2.45, 2.75) is 0 Å². The van der Waals surface area contributed by atoms with Crippen LogP contribution in [0.3, 0.4) is 0 Å². The first-order valence-corrected chi connectivity index (χ1v) is 7.21. The van der Waals surface area contributed by atoms with Crippen LogP contribution in [0.5, 0.6) is 0 Å². The van der Waals surface area contributed by atoms with Gasteiger partial charge in [-0.1, -0.05) is 60.7 Å². The molecule has 0 spiro atoms. The topological polar surface area (TPSA) is 43.3 Å². The fraction of sp³-hybridized carbons (Fsp3) is 0. The summed E-state index contributed by atoms with van der Waals surface area (Å²) in [6, 6.07) is 24.3. The Kier molecular flexibility index (Phi) is 2.90. The van der Waals surface area contributed by atoms with Crippen molar-refractivity contribution in [1.29, 1.82) is 0 Å². The van der Waals surface area contributed by atoms with Gasteiger partial charge in [-0.2, -0.15) is 0 Å². The molecule has 4 rings (SSSR count). The summed E-state index contributed by atoms with van der Waals surface area (Å²) >= 11 is 0. The van der Waals surface area contributed by atoms with Gasteiger partial charge in [-0.05, 0) is 6.07 Å². The number of anilines is 1. The molecule has 0 saturated carbocycles. The summed E-state index contributed by atoms with van der Waals surface area (Å²) in [5.74, 6) is 0. The first-order chi connectivity index (χ1) is 10.8. The summed E-state index contributed by atoms with van der Waals surface area (Å²) in [5, 5.41) is 0. The number of pyridine rings is 1. The second kappa shape index (κ2) is 5.04. The molecule has 2 heterocycles. The van der Waals surface area contributed by atoms with Crippen molar-refractivity contribution >= 4 is 11.3 Å². The van der Waals surface area contributed by atoms with E-state index in [0.29, 0.717) is 0 Å². The quantitative estimate of drug-likeness (QED) is 0.598. The van der Waals surface area contributed by atoms with Crippen LogP contribution in [0.4, 0.5) is 5.69 Å². The molecule has 0 unspecified atom stereocenters. The maximum absolute atomic E-state index is 5.91. The number of fused-ring (bicyclic) bond motifs is 1. The first kappa shape index (κ1) is 12.7. The van der Waals surface area contributed by atoms with Gasteiger partial charge < -0.3 is 5.73 Å². The molecular formula is C19H15N3. The predicted molar refractivity (Wildman–Crippen MR) is 90.5 cm³/mol. The summed E-state index contributed by atoms with van der Waals surface area (Å²) in [4.78, 5) is 4.80. The molecule has 4 aromatic rings. The number of nitrogens with two attached hydrogens (primary N) is 1. The van der Waals surface area contributed by atoms with Crippen LogP contribution in [0, 0.1) is 0 Å². The SMILES string of the molecule is Nc1ccn2c(-c3ccccc3)c(-c3ccccc3)nc2c1. The highest BCUT2D eigenvalue weighted by molar-refractivity contribution is 5.82. The molecule has 0 aliphatic carbocycles. The molecule has 0 aliphatic heterocycles. The van der Waals surface area contributed by atoms with E-state index in [4.69, 9.17) is 10.7 Å². The third-order valence-corrected chi connectivity index (χ3v) is 3.74. The summed E-state index contributed by atoms with van der Waals surface area (Å²) in [5.41, 5.74) is 11.8. The summed E-state index contributed by atoms with van der Waals surface area (Å²) in [6.45, 7) is 0. The molecule has 0 amide bonds. The minimum atomic E-state index is 0.719. The van der Waals surface area contributed by atoms with Crippen LogP contribution in [-0.4, -0.2) is 9.38 Å². The smallest absolute Gasteiger partial charge is 0.140 e. The number of aromatic nitrogens is 2. The van der Waals surface area contributed by atoms with Crippen molar-refractivity contribution in [1.82, 2.24) is 9.38 Å². The Balaban J connectivity index is 2.07. The van der Waals surface area contributed by atoms with Crippen molar-refractivity contribution in [3.63, 3.8) is 0 Å². The van der Waals surface area contributed by atoms with Crippen molar-refractivity contribution < 1.29 is 0 Å². The lowest BCUT2D eigenvalue weighted by molar-refractivity contribution is 1.19. The summed E-state index contributed by atoms with van der Waals surface area (Å²) in [6.07, 6.45) is 1.98. The molecule has 3 heteroatoms. The highest BCUT2D eigenvalue weighted by Gasteiger charge is 2.15. The van der Waals surface area contributed by atoms with E-state index in [1.807, 2.05) is 54.7 Å². The fourth-order valence-electron chi connectivity index (χ4n) is 2.73. The average Bonchev–Trinajstić information content (AvgIpc) is 2.95. The van der Waals surface area contributed by atoms with Crippen LogP contribution >= 0.6 is 0 Å². The molecule has 22 heavy (non-hydrogen) atoms. The van der Waals surface area contributed by atoms with Gasteiger partial charge in [0.25, 0.3) is 0 Å². The van der Waals surface area contributed by atoms with Gasteiger partial charge in [0.1, 0.15) is 5.65 Å². The zero-order valence-corrected chi connectivity index (χ0v) is 12.0. The first-order valence-electron chi connectivity index (χ1n) is 7.21. The van der Waals surface area contributed by atoms with Gasteiger partial charge in [0.05, 0.1) is 11.4 Å². The highest BCUT2D eigenvalue weighted by Crippen LogP contribution is 2.32. The predicted octanol–water partition coefficient (Wildman–Crippen LogP) is 4.25. The van der Waals surface area contributed by atoms with E-state index in [2.05, 4.69) is 28.7 Å². The van der Waals surface area contributed by atoms with E-state index < -0.39 is 0 Å². The number of hydrogen-bond donors (Lipinski definition) is 1. The molecule has 2 aromatic heterocycles. The molecule has 2 N–H and O–H groups in total. The lowest BCUT2D eigenvalue weighted by atomic mass is 10.1. The maximum atomic E-state index is 5.91. The number of benzene rings is 2. The second-order valence-electron chi connectivity index (χ2n) is 5.23. The monoisotopic (exact) mass is 285 g/mol. The molecule has 0 saturated heterocycles. The van der Waals surface area contributed by atoms with Crippen molar-refractivity contribution in [3.05, 3.63) is 79.0 Å². The Morgan fingerprint density at radius 2 is 1.41 bits per heavy atom. The lowest BCUT2D eigenvalue weighted by Gasteiger charge is -2.05. The van der Waals surface area contributed by atoms with Crippen LogP contribution in [0.2, 0.25) is 0 Å². The number of rotatable bonds is 2. The minimum absolute atomic E-state index is 0.719.